The van der Waals surface area contributed by atoms with Crippen molar-refractivity contribution in [2.75, 3.05) is 20.8 Å². The molecule has 1 unspecified atom stereocenters. The van der Waals surface area contributed by atoms with Crippen molar-refractivity contribution in [1.29, 1.82) is 0 Å². The maximum atomic E-state index is 11.3. The van der Waals surface area contributed by atoms with Gasteiger partial charge in [-0.3, -0.25) is 9.69 Å². The largest absolute Gasteiger partial charge is 0.497 e. The van der Waals surface area contributed by atoms with Crippen molar-refractivity contribution in [2.45, 2.75) is 12.6 Å². The van der Waals surface area contributed by atoms with E-state index in [0.29, 0.717) is 12.1 Å². The molecule has 2 aromatic carbocycles. The molecule has 1 atom stereocenters. The standard InChI is InChI=1S/C18H22N2O3/c1-20(11-13-4-3-5-15(10-13)18(19)22)17(12-21)14-6-8-16(23-2)9-7-14/h3-10,17,21H,11-12H2,1-2H3,(H2,19,22). The van der Waals surface area contributed by atoms with Gasteiger partial charge in [0.25, 0.3) is 0 Å². The van der Waals surface area contributed by atoms with Crippen LogP contribution in [0, 0.1) is 0 Å². The zero-order chi connectivity index (χ0) is 16.8. The highest BCUT2D eigenvalue weighted by atomic mass is 16.5. The molecule has 5 nitrogen and oxygen atoms in total. The fourth-order valence-corrected chi connectivity index (χ4v) is 2.55. The van der Waals surface area contributed by atoms with Crippen LogP contribution in [-0.4, -0.2) is 36.7 Å². The molecule has 0 heterocycles. The molecule has 2 aromatic rings. The average molecular weight is 314 g/mol. The molecule has 23 heavy (non-hydrogen) atoms. The van der Waals surface area contributed by atoms with Gasteiger partial charge >= 0.3 is 0 Å². The third-order valence-electron chi connectivity index (χ3n) is 3.85. The topological polar surface area (TPSA) is 75.8 Å². The number of primary amides is 1. The summed E-state index contributed by atoms with van der Waals surface area (Å²) >= 11 is 0. The van der Waals surface area contributed by atoms with Crippen LogP contribution in [0.15, 0.2) is 48.5 Å². The molecule has 3 N–H and O–H groups in total. The number of nitrogens with two attached hydrogens (primary N) is 1. The number of hydrogen-bond donors (Lipinski definition) is 2. The third-order valence-corrected chi connectivity index (χ3v) is 3.85. The number of likely N-dealkylation sites (N-methyl/N-ethyl adjacent to an activating group) is 1. The Bertz CT molecular complexity index is 656. The van der Waals surface area contributed by atoms with Gasteiger partial charge in [-0.25, -0.2) is 0 Å². The molecule has 0 aromatic heterocycles. The van der Waals surface area contributed by atoms with Gasteiger partial charge < -0.3 is 15.6 Å². The van der Waals surface area contributed by atoms with E-state index in [2.05, 4.69) is 0 Å². The second-order valence-electron chi connectivity index (χ2n) is 5.45. The molecular formula is C18H22N2O3. The quantitative estimate of drug-likeness (QED) is 0.819. The van der Waals surface area contributed by atoms with E-state index >= 15 is 0 Å². The van der Waals surface area contributed by atoms with Crippen molar-refractivity contribution < 1.29 is 14.6 Å². The molecule has 2 rings (SSSR count). The molecule has 0 saturated heterocycles. The van der Waals surface area contributed by atoms with Crippen LogP contribution in [0.25, 0.3) is 0 Å². The van der Waals surface area contributed by atoms with Crippen LogP contribution in [0.4, 0.5) is 0 Å². The summed E-state index contributed by atoms with van der Waals surface area (Å²) in [6.07, 6.45) is 0. The van der Waals surface area contributed by atoms with Crippen LogP contribution in [0.2, 0.25) is 0 Å². The normalized spacial score (nSPS) is 12.2. The fraction of sp³-hybridized carbons (Fsp3) is 0.278. The number of aliphatic hydroxyl groups is 1. The van der Waals surface area contributed by atoms with Crippen LogP contribution in [-0.2, 0) is 6.54 Å². The van der Waals surface area contributed by atoms with E-state index in [1.54, 1.807) is 19.2 Å². The molecule has 0 radical (unpaired) electrons. The second kappa shape index (κ2) is 7.76. The van der Waals surface area contributed by atoms with Crippen LogP contribution < -0.4 is 10.5 Å². The van der Waals surface area contributed by atoms with Crippen molar-refractivity contribution in [3.8, 4) is 5.75 Å². The Morgan fingerprint density at radius 3 is 2.52 bits per heavy atom. The molecule has 0 aliphatic rings. The zero-order valence-electron chi connectivity index (χ0n) is 13.4. The summed E-state index contributed by atoms with van der Waals surface area (Å²) in [5.74, 6) is 0.339. The number of nitrogens with zero attached hydrogens (tertiary/aromatic N) is 1. The van der Waals surface area contributed by atoms with Gasteiger partial charge in [-0.15, -0.1) is 0 Å². The molecule has 122 valence electrons. The average Bonchev–Trinajstić information content (AvgIpc) is 2.56. The molecule has 0 fully saturated rings. The van der Waals surface area contributed by atoms with Crippen molar-refractivity contribution in [3.05, 3.63) is 65.2 Å². The van der Waals surface area contributed by atoms with Gasteiger partial charge in [-0.05, 0) is 42.4 Å². The maximum absolute atomic E-state index is 11.3. The zero-order valence-corrected chi connectivity index (χ0v) is 13.4. The van der Waals surface area contributed by atoms with E-state index in [0.717, 1.165) is 16.9 Å². The Kier molecular flexibility index (Phi) is 5.73. The molecule has 0 aliphatic carbocycles. The minimum atomic E-state index is -0.441. The van der Waals surface area contributed by atoms with E-state index in [1.165, 1.54) is 0 Å². The number of benzene rings is 2. The SMILES string of the molecule is COc1ccc(C(CO)N(C)Cc2cccc(C(N)=O)c2)cc1. The molecular weight excluding hydrogens is 292 g/mol. The van der Waals surface area contributed by atoms with E-state index in [9.17, 15) is 9.90 Å². The van der Waals surface area contributed by atoms with Crippen molar-refractivity contribution in [2.24, 2.45) is 5.73 Å². The summed E-state index contributed by atoms with van der Waals surface area (Å²) < 4.78 is 5.15. The number of ether oxygens (including phenoxy) is 1. The smallest absolute Gasteiger partial charge is 0.248 e. The predicted octanol–water partition coefficient (Wildman–Crippen LogP) is 1.96. The van der Waals surface area contributed by atoms with Gasteiger partial charge in [0.1, 0.15) is 5.75 Å². The van der Waals surface area contributed by atoms with Crippen molar-refractivity contribution >= 4 is 5.91 Å². The molecule has 5 heteroatoms. The van der Waals surface area contributed by atoms with Crippen LogP contribution in [0.3, 0.4) is 0 Å². The minimum absolute atomic E-state index is 0.00165. The Morgan fingerprint density at radius 1 is 1.26 bits per heavy atom. The summed E-state index contributed by atoms with van der Waals surface area (Å²) in [4.78, 5) is 13.3. The summed E-state index contributed by atoms with van der Waals surface area (Å²) in [5, 5.41) is 9.75. The van der Waals surface area contributed by atoms with E-state index in [1.807, 2.05) is 48.3 Å². The first-order chi connectivity index (χ1) is 11.0. The molecule has 0 bridgehead atoms. The number of carbonyl (C=O) groups is 1. The lowest BCUT2D eigenvalue weighted by atomic mass is 10.0. The highest BCUT2D eigenvalue weighted by Crippen LogP contribution is 2.23. The predicted molar refractivity (Wildman–Crippen MR) is 89.2 cm³/mol. The summed E-state index contributed by atoms with van der Waals surface area (Å²) in [6, 6.07) is 14.7. The lowest BCUT2D eigenvalue weighted by Crippen LogP contribution is -2.27. The Labute approximate surface area is 136 Å². The van der Waals surface area contributed by atoms with Gasteiger partial charge in [0.05, 0.1) is 19.8 Å². The first-order valence-corrected chi connectivity index (χ1v) is 7.39. The number of rotatable bonds is 7. The molecule has 0 aliphatic heterocycles. The number of carbonyl (C=O) groups excluding carboxylic acids is 1. The number of amides is 1. The van der Waals surface area contributed by atoms with Crippen LogP contribution >= 0.6 is 0 Å². The van der Waals surface area contributed by atoms with Crippen LogP contribution in [0.1, 0.15) is 27.5 Å². The van der Waals surface area contributed by atoms with Gasteiger partial charge in [-0.1, -0.05) is 24.3 Å². The third kappa shape index (κ3) is 4.31. The Hall–Kier alpha value is -2.37. The van der Waals surface area contributed by atoms with E-state index in [-0.39, 0.29) is 12.6 Å². The maximum Gasteiger partial charge on any atom is 0.248 e. The van der Waals surface area contributed by atoms with Crippen LogP contribution in [0.5, 0.6) is 5.75 Å². The number of methoxy groups -OCH3 is 1. The number of hydrogen-bond acceptors (Lipinski definition) is 4. The van der Waals surface area contributed by atoms with E-state index < -0.39 is 5.91 Å². The summed E-state index contributed by atoms with van der Waals surface area (Å²) in [6.45, 7) is 0.594. The molecule has 1 amide bonds. The van der Waals surface area contributed by atoms with Gasteiger partial charge in [0, 0.05) is 12.1 Å². The minimum Gasteiger partial charge on any atom is -0.497 e. The van der Waals surface area contributed by atoms with Gasteiger partial charge in [-0.2, -0.15) is 0 Å². The van der Waals surface area contributed by atoms with Gasteiger partial charge in [0.15, 0.2) is 0 Å². The van der Waals surface area contributed by atoms with Gasteiger partial charge in [0.2, 0.25) is 5.91 Å². The highest BCUT2D eigenvalue weighted by molar-refractivity contribution is 5.92. The lowest BCUT2D eigenvalue weighted by Gasteiger charge is -2.27. The molecule has 0 saturated carbocycles. The first-order valence-electron chi connectivity index (χ1n) is 7.39. The Morgan fingerprint density at radius 2 is 1.96 bits per heavy atom. The first kappa shape index (κ1) is 17.0. The van der Waals surface area contributed by atoms with E-state index in [4.69, 9.17) is 10.5 Å². The van der Waals surface area contributed by atoms with Crippen molar-refractivity contribution in [1.82, 2.24) is 4.90 Å². The Balaban J connectivity index is 2.14. The monoisotopic (exact) mass is 314 g/mol. The second-order valence-corrected chi connectivity index (χ2v) is 5.45. The highest BCUT2D eigenvalue weighted by Gasteiger charge is 2.17. The molecule has 0 spiro atoms. The lowest BCUT2D eigenvalue weighted by molar-refractivity contribution is 0.0999. The number of aliphatic hydroxyl groups excluding tert-OH is 1. The van der Waals surface area contributed by atoms with Crippen molar-refractivity contribution in [3.63, 3.8) is 0 Å². The summed E-state index contributed by atoms with van der Waals surface area (Å²) in [5.41, 5.74) is 7.77. The summed E-state index contributed by atoms with van der Waals surface area (Å²) in [7, 11) is 3.55. The fourth-order valence-electron chi connectivity index (χ4n) is 2.55.